The van der Waals surface area contributed by atoms with Gasteiger partial charge in [0.2, 0.25) is 0 Å². The van der Waals surface area contributed by atoms with Crippen LogP contribution >= 0.6 is 11.6 Å². The largest absolute Gasteiger partial charge is 0.460 e. The van der Waals surface area contributed by atoms with Crippen LogP contribution < -0.4 is 5.32 Å². The van der Waals surface area contributed by atoms with Gasteiger partial charge in [0.25, 0.3) is 0 Å². The van der Waals surface area contributed by atoms with Crippen LogP contribution in [0.3, 0.4) is 0 Å². The van der Waals surface area contributed by atoms with Crippen molar-refractivity contribution in [3.05, 3.63) is 95.5 Å². The highest BCUT2D eigenvalue weighted by Crippen LogP contribution is 2.23. The average molecular weight is 364 g/mol. The van der Waals surface area contributed by atoms with Crippen molar-refractivity contribution in [3.8, 4) is 17.0 Å². The Labute approximate surface area is 157 Å². The van der Waals surface area contributed by atoms with Gasteiger partial charge in [-0.25, -0.2) is 4.68 Å². The molecule has 0 atom stereocenters. The van der Waals surface area contributed by atoms with Gasteiger partial charge in [-0.1, -0.05) is 29.8 Å². The Morgan fingerprint density at radius 1 is 0.923 bits per heavy atom. The Morgan fingerprint density at radius 3 is 2.54 bits per heavy atom. The number of halogens is 1. The van der Waals surface area contributed by atoms with Gasteiger partial charge in [0.1, 0.15) is 11.5 Å². The first kappa shape index (κ1) is 16.6. The van der Waals surface area contributed by atoms with Gasteiger partial charge in [-0.3, -0.25) is 0 Å². The summed E-state index contributed by atoms with van der Waals surface area (Å²) in [6.45, 7) is 1.38. The first-order chi connectivity index (χ1) is 12.8. The molecular weight excluding hydrogens is 346 g/mol. The molecule has 0 saturated carbocycles. The number of nitrogens with one attached hydrogen (secondary N) is 1. The summed E-state index contributed by atoms with van der Waals surface area (Å²) in [7, 11) is 0. The van der Waals surface area contributed by atoms with Crippen molar-refractivity contribution < 1.29 is 4.42 Å². The third kappa shape index (κ3) is 3.87. The van der Waals surface area contributed by atoms with Crippen LogP contribution in [-0.2, 0) is 13.1 Å². The minimum Gasteiger partial charge on any atom is -0.460 e. The fraction of sp³-hybridized carbons (Fsp3) is 0.0952. The number of aromatic nitrogens is 2. The first-order valence-electron chi connectivity index (χ1n) is 8.42. The third-order valence-corrected chi connectivity index (χ3v) is 4.33. The molecule has 4 rings (SSSR count). The Hall–Kier alpha value is -2.82. The molecule has 0 aliphatic carbocycles. The SMILES string of the molecule is Clc1ccc(-c2ccc(CNCc3cnn(-c4ccccc4)c3)o2)cc1. The Kier molecular flexibility index (Phi) is 4.86. The molecular formula is C21H18ClN3O. The number of hydrogen-bond acceptors (Lipinski definition) is 3. The quantitative estimate of drug-likeness (QED) is 0.519. The summed E-state index contributed by atoms with van der Waals surface area (Å²) in [4.78, 5) is 0. The summed E-state index contributed by atoms with van der Waals surface area (Å²) in [6.07, 6.45) is 3.91. The summed E-state index contributed by atoms with van der Waals surface area (Å²) < 4.78 is 7.77. The van der Waals surface area contributed by atoms with Crippen LogP contribution in [-0.4, -0.2) is 9.78 Å². The van der Waals surface area contributed by atoms with Crippen molar-refractivity contribution in [2.24, 2.45) is 0 Å². The minimum atomic E-state index is 0.657. The third-order valence-electron chi connectivity index (χ3n) is 4.08. The average Bonchev–Trinajstić information content (AvgIpc) is 3.33. The molecule has 5 heteroatoms. The molecule has 0 saturated heterocycles. The van der Waals surface area contributed by atoms with Crippen molar-refractivity contribution in [3.63, 3.8) is 0 Å². The minimum absolute atomic E-state index is 0.657. The number of furan rings is 1. The molecule has 0 aliphatic rings. The van der Waals surface area contributed by atoms with E-state index in [1.54, 1.807) is 0 Å². The van der Waals surface area contributed by atoms with Gasteiger partial charge in [-0.2, -0.15) is 5.10 Å². The zero-order chi connectivity index (χ0) is 17.8. The molecule has 0 aliphatic heterocycles. The van der Waals surface area contributed by atoms with E-state index in [1.165, 1.54) is 0 Å². The van der Waals surface area contributed by atoms with E-state index in [0.29, 0.717) is 6.54 Å². The number of nitrogens with zero attached hydrogens (tertiary/aromatic N) is 2. The second-order valence-corrected chi connectivity index (χ2v) is 6.44. The van der Waals surface area contributed by atoms with E-state index >= 15 is 0 Å². The number of rotatable bonds is 6. The van der Waals surface area contributed by atoms with Crippen molar-refractivity contribution >= 4 is 11.6 Å². The topological polar surface area (TPSA) is 43.0 Å². The predicted molar refractivity (Wildman–Crippen MR) is 103 cm³/mol. The van der Waals surface area contributed by atoms with Crippen molar-refractivity contribution in [2.45, 2.75) is 13.1 Å². The highest BCUT2D eigenvalue weighted by Gasteiger charge is 2.05. The van der Waals surface area contributed by atoms with E-state index in [1.807, 2.05) is 83.8 Å². The zero-order valence-corrected chi connectivity index (χ0v) is 14.9. The van der Waals surface area contributed by atoms with Crippen LogP contribution in [0.5, 0.6) is 0 Å². The molecule has 0 spiro atoms. The smallest absolute Gasteiger partial charge is 0.134 e. The number of para-hydroxylation sites is 1. The highest BCUT2D eigenvalue weighted by molar-refractivity contribution is 6.30. The molecule has 1 N–H and O–H groups in total. The Bertz CT molecular complexity index is 974. The molecule has 0 fully saturated rings. The van der Waals surface area contributed by atoms with E-state index in [4.69, 9.17) is 16.0 Å². The summed E-state index contributed by atoms with van der Waals surface area (Å²) in [5.41, 5.74) is 3.19. The van der Waals surface area contributed by atoms with E-state index in [0.717, 1.165) is 39.9 Å². The molecule has 2 aromatic heterocycles. The lowest BCUT2D eigenvalue weighted by atomic mass is 10.2. The predicted octanol–water partition coefficient (Wildman–Crippen LogP) is 5.08. The van der Waals surface area contributed by atoms with Gasteiger partial charge < -0.3 is 9.73 Å². The van der Waals surface area contributed by atoms with Gasteiger partial charge in [0.15, 0.2) is 0 Å². The maximum absolute atomic E-state index is 5.92. The number of benzene rings is 2. The lowest BCUT2D eigenvalue weighted by Gasteiger charge is -2.01. The van der Waals surface area contributed by atoms with Crippen molar-refractivity contribution in [1.29, 1.82) is 0 Å². The Morgan fingerprint density at radius 2 is 1.73 bits per heavy atom. The maximum Gasteiger partial charge on any atom is 0.134 e. The van der Waals surface area contributed by atoms with Crippen LogP contribution in [0.15, 0.2) is 83.5 Å². The molecule has 26 heavy (non-hydrogen) atoms. The van der Waals surface area contributed by atoms with E-state index < -0.39 is 0 Å². The van der Waals surface area contributed by atoms with E-state index in [-0.39, 0.29) is 0 Å². The standard InChI is InChI=1S/C21H18ClN3O/c22-18-8-6-17(7-9-18)21-11-10-20(26-21)14-23-12-16-13-24-25(15-16)19-4-2-1-3-5-19/h1-11,13,15,23H,12,14H2. The number of hydrogen-bond donors (Lipinski definition) is 1. The van der Waals surface area contributed by atoms with Crippen molar-refractivity contribution in [1.82, 2.24) is 15.1 Å². The second kappa shape index (κ2) is 7.60. The van der Waals surface area contributed by atoms with E-state index in [9.17, 15) is 0 Å². The van der Waals surface area contributed by atoms with Gasteiger partial charge >= 0.3 is 0 Å². The molecule has 4 nitrogen and oxygen atoms in total. The lowest BCUT2D eigenvalue weighted by Crippen LogP contribution is -2.11. The monoisotopic (exact) mass is 363 g/mol. The van der Waals surface area contributed by atoms with Gasteiger partial charge in [0, 0.05) is 28.9 Å². The van der Waals surface area contributed by atoms with Crippen LogP contribution in [0.2, 0.25) is 5.02 Å². The summed E-state index contributed by atoms with van der Waals surface area (Å²) >= 11 is 5.92. The second-order valence-electron chi connectivity index (χ2n) is 6.01. The lowest BCUT2D eigenvalue weighted by molar-refractivity contribution is 0.493. The van der Waals surface area contributed by atoms with Crippen LogP contribution in [0.25, 0.3) is 17.0 Å². The molecule has 2 heterocycles. The normalized spacial score (nSPS) is 11.0. The fourth-order valence-corrected chi connectivity index (χ4v) is 2.87. The summed E-state index contributed by atoms with van der Waals surface area (Å²) in [5.74, 6) is 1.74. The van der Waals surface area contributed by atoms with Gasteiger partial charge in [-0.15, -0.1) is 0 Å². The molecule has 0 amide bonds. The summed E-state index contributed by atoms with van der Waals surface area (Å²) in [6, 6.07) is 21.7. The first-order valence-corrected chi connectivity index (χ1v) is 8.80. The van der Waals surface area contributed by atoms with Crippen molar-refractivity contribution in [2.75, 3.05) is 0 Å². The van der Waals surface area contributed by atoms with Crippen LogP contribution in [0.1, 0.15) is 11.3 Å². The molecule has 2 aromatic carbocycles. The molecule has 4 aromatic rings. The molecule has 0 radical (unpaired) electrons. The van der Waals surface area contributed by atoms with Crippen LogP contribution in [0, 0.1) is 0 Å². The van der Waals surface area contributed by atoms with Gasteiger partial charge in [0.05, 0.1) is 18.4 Å². The zero-order valence-electron chi connectivity index (χ0n) is 14.1. The fourth-order valence-electron chi connectivity index (χ4n) is 2.75. The highest BCUT2D eigenvalue weighted by atomic mass is 35.5. The summed E-state index contributed by atoms with van der Waals surface area (Å²) in [5, 5.41) is 8.51. The van der Waals surface area contributed by atoms with Crippen LogP contribution in [0.4, 0.5) is 0 Å². The molecule has 0 unspecified atom stereocenters. The Balaban J connectivity index is 1.34. The maximum atomic E-state index is 5.92. The molecule has 130 valence electrons. The molecule has 0 bridgehead atoms. The van der Waals surface area contributed by atoms with Gasteiger partial charge in [-0.05, 0) is 48.5 Å². The van der Waals surface area contributed by atoms with E-state index in [2.05, 4.69) is 10.4 Å².